The van der Waals surface area contributed by atoms with Crippen molar-refractivity contribution < 1.29 is 4.74 Å². The summed E-state index contributed by atoms with van der Waals surface area (Å²) in [5.74, 6) is 0.940. The molecule has 0 aliphatic heterocycles. The topological polar surface area (TPSA) is 35.2 Å². The molecule has 0 spiro atoms. The molecule has 1 aromatic rings. The van der Waals surface area contributed by atoms with Crippen LogP contribution in [0, 0.1) is 0 Å². The highest BCUT2D eigenvalue weighted by atomic mass is 35.5. The quantitative estimate of drug-likeness (QED) is 0.843. The van der Waals surface area contributed by atoms with Crippen molar-refractivity contribution in [1.29, 1.82) is 0 Å². The molecule has 1 fully saturated rings. The monoisotopic (exact) mass is 227 g/mol. The normalized spacial score (nSPS) is 25.4. The van der Waals surface area contributed by atoms with E-state index in [9.17, 15) is 0 Å². The first kappa shape index (κ1) is 12.3. The predicted molar refractivity (Wildman–Crippen MR) is 64.5 cm³/mol. The van der Waals surface area contributed by atoms with Gasteiger partial charge in [-0.1, -0.05) is 24.6 Å². The summed E-state index contributed by atoms with van der Waals surface area (Å²) in [7, 11) is 0. The minimum atomic E-state index is 0. The van der Waals surface area contributed by atoms with Crippen LogP contribution in [0.3, 0.4) is 0 Å². The molecule has 0 amide bonds. The van der Waals surface area contributed by atoms with Crippen molar-refractivity contribution in [2.75, 3.05) is 0 Å². The highest BCUT2D eigenvalue weighted by molar-refractivity contribution is 5.85. The van der Waals surface area contributed by atoms with Crippen molar-refractivity contribution in [1.82, 2.24) is 0 Å². The van der Waals surface area contributed by atoms with Gasteiger partial charge in [0.05, 0.1) is 0 Å². The van der Waals surface area contributed by atoms with Crippen molar-refractivity contribution in [3.8, 4) is 5.75 Å². The third kappa shape index (κ3) is 3.40. The summed E-state index contributed by atoms with van der Waals surface area (Å²) in [6.45, 7) is 0. The molecule has 84 valence electrons. The maximum absolute atomic E-state index is 6.00. The Labute approximate surface area is 97.2 Å². The van der Waals surface area contributed by atoms with Crippen LogP contribution < -0.4 is 10.5 Å². The average molecular weight is 228 g/mol. The van der Waals surface area contributed by atoms with Gasteiger partial charge in [-0.25, -0.2) is 0 Å². The maximum Gasteiger partial charge on any atom is 0.119 e. The van der Waals surface area contributed by atoms with Crippen LogP contribution in [-0.4, -0.2) is 12.1 Å². The highest BCUT2D eigenvalue weighted by Gasteiger charge is 2.22. The molecule has 2 rings (SSSR count). The lowest BCUT2D eigenvalue weighted by Crippen LogP contribution is -2.41. The van der Waals surface area contributed by atoms with E-state index in [2.05, 4.69) is 0 Å². The Bertz CT molecular complexity index is 278. The number of rotatable bonds is 2. The average Bonchev–Trinajstić information content (AvgIpc) is 2.23. The zero-order valence-corrected chi connectivity index (χ0v) is 9.58. The lowest BCUT2D eigenvalue weighted by molar-refractivity contribution is 0.132. The molecule has 2 N–H and O–H groups in total. The van der Waals surface area contributed by atoms with E-state index >= 15 is 0 Å². The lowest BCUT2D eigenvalue weighted by atomic mass is 9.93. The van der Waals surface area contributed by atoms with E-state index in [0.717, 1.165) is 18.6 Å². The van der Waals surface area contributed by atoms with Crippen molar-refractivity contribution in [3.05, 3.63) is 30.3 Å². The number of nitrogens with two attached hydrogens (primary N) is 1. The van der Waals surface area contributed by atoms with E-state index in [4.69, 9.17) is 10.5 Å². The molecule has 15 heavy (non-hydrogen) atoms. The fourth-order valence-corrected chi connectivity index (χ4v) is 1.95. The van der Waals surface area contributed by atoms with Crippen molar-refractivity contribution in [2.24, 2.45) is 5.73 Å². The number of hydrogen-bond acceptors (Lipinski definition) is 2. The largest absolute Gasteiger partial charge is 0.489 e. The van der Waals surface area contributed by atoms with Crippen LogP contribution in [0.25, 0.3) is 0 Å². The van der Waals surface area contributed by atoms with Gasteiger partial charge in [0.15, 0.2) is 0 Å². The fraction of sp³-hybridized carbons (Fsp3) is 0.500. The molecule has 2 nitrogen and oxygen atoms in total. The fourth-order valence-electron chi connectivity index (χ4n) is 1.95. The minimum absolute atomic E-state index is 0. The van der Waals surface area contributed by atoms with Crippen molar-refractivity contribution >= 4 is 12.4 Å². The van der Waals surface area contributed by atoms with E-state index in [1.165, 1.54) is 12.8 Å². The van der Waals surface area contributed by atoms with Crippen LogP contribution in [-0.2, 0) is 0 Å². The van der Waals surface area contributed by atoms with Crippen molar-refractivity contribution in [2.45, 2.75) is 37.8 Å². The molecule has 0 heterocycles. The third-order valence-electron chi connectivity index (χ3n) is 2.78. The Morgan fingerprint density at radius 3 is 2.40 bits per heavy atom. The molecule has 1 aromatic carbocycles. The Morgan fingerprint density at radius 2 is 1.73 bits per heavy atom. The Kier molecular flexibility index (Phi) is 4.92. The summed E-state index contributed by atoms with van der Waals surface area (Å²) in [6.07, 6.45) is 4.89. The number of halogens is 1. The molecule has 2 atom stereocenters. The van der Waals surface area contributed by atoms with Crippen LogP contribution in [0.4, 0.5) is 0 Å². The first-order valence-electron chi connectivity index (χ1n) is 5.33. The van der Waals surface area contributed by atoms with Crippen LogP contribution in [0.15, 0.2) is 30.3 Å². The van der Waals surface area contributed by atoms with Gasteiger partial charge in [-0.3, -0.25) is 0 Å². The molecule has 3 heteroatoms. The van der Waals surface area contributed by atoms with Gasteiger partial charge >= 0.3 is 0 Å². The summed E-state index contributed by atoms with van der Waals surface area (Å²) in [5, 5.41) is 0. The third-order valence-corrected chi connectivity index (χ3v) is 2.78. The standard InChI is InChI=1S/C12H17NO.ClH/c13-11-8-4-5-9-12(11)14-10-6-2-1-3-7-10;/h1-3,6-7,11-12H,4-5,8-9,13H2;1H/t11-,12+;/m0./s1. The summed E-state index contributed by atoms with van der Waals surface area (Å²) in [6, 6.07) is 10.2. The minimum Gasteiger partial charge on any atom is -0.489 e. The first-order valence-corrected chi connectivity index (χ1v) is 5.33. The second-order valence-electron chi connectivity index (χ2n) is 3.92. The summed E-state index contributed by atoms with van der Waals surface area (Å²) >= 11 is 0. The second-order valence-corrected chi connectivity index (χ2v) is 3.92. The maximum atomic E-state index is 6.00. The Morgan fingerprint density at radius 1 is 1.07 bits per heavy atom. The molecule has 1 aliphatic rings. The SMILES string of the molecule is Cl.N[C@H]1CCCC[C@H]1Oc1ccccc1. The highest BCUT2D eigenvalue weighted by Crippen LogP contribution is 2.22. The summed E-state index contributed by atoms with van der Waals surface area (Å²) in [4.78, 5) is 0. The van der Waals surface area contributed by atoms with Gasteiger partial charge in [-0.2, -0.15) is 0 Å². The van der Waals surface area contributed by atoms with Gasteiger partial charge in [0.1, 0.15) is 11.9 Å². The van der Waals surface area contributed by atoms with Gasteiger partial charge in [0, 0.05) is 6.04 Å². The van der Waals surface area contributed by atoms with Crippen molar-refractivity contribution in [3.63, 3.8) is 0 Å². The van der Waals surface area contributed by atoms with Gasteiger partial charge in [0.25, 0.3) is 0 Å². The van der Waals surface area contributed by atoms with Gasteiger partial charge in [-0.15, -0.1) is 12.4 Å². The number of hydrogen-bond donors (Lipinski definition) is 1. The molecule has 0 saturated heterocycles. The van der Waals surface area contributed by atoms with Crippen LogP contribution >= 0.6 is 12.4 Å². The van der Waals surface area contributed by atoms with E-state index in [-0.39, 0.29) is 24.6 Å². The zero-order chi connectivity index (χ0) is 9.80. The summed E-state index contributed by atoms with van der Waals surface area (Å²) < 4.78 is 5.84. The lowest BCUT2D eigenvalue weighted by Gasteiger charge is -2.29. The molecular weight excluding hydrogens is 210 g/mol. The van der Waals surface area contributed by atoms with Gasteiger partial charge in [-0.05, 0) is 31.4 Å². The molecular formula is C12H18ClNO. The zero-order valence-electron chi connectivity index (χ0n) is 8.76. The molecule has 1 saturated carbocycles. The summed E-state index contributed by atoms with van der Waals surface area (Å²) in [5.41, 5.74) is 6.00. The van der Waals surface area contributed by atoms with E-state index in [1.54, 1.807) is 0 Å². The number of ether oxygens (including phenoxy) is 1. The smallest absolute Gasteiger partial charge is 0.119 e. The molecule has 0 unspecified atom stereocenters. The van der Waals surface area contributed by atoms with E-state index in [0.29, 0.717) is 0 Å². The first-order chi connectivity index (χ1) is 6.86. The Hall–Kier alpha value is -0.730. The molecule has 0 radical (unpaired) electrons. The van der Waals surface area contributed by atoms with Gasteiger partial charge in [0.2, 0.25) is 0 Å². The van der Waals surface area contributed by atoms with Gasteiger partial charge < -0.3 is 10.5 Å². The molecule has 0 bridgehead atoms. The van der Waals surface area contributed by atoms with Crippen LogP contribution in [0.1, 0.15) is 25.7 Å². The molecule has 0 aromatic heterocycles. The number of benzene rings is 1. The molecule has 1 aliphatic carbocycles. The predicted octanol–water partition coefficient (Wildman–Crippen LogP) is 2.76. The second kappa shape index (κ2) is 5.99. The van der Waals surface area contributed by atoms with Crippen LogP contribution in [0.5, 0.6) is 5.75 Å². The van der Waals surface area contributed by atoms with E-state index < -0.39 is 0 Å². The Balaban J connectivity index is 0.00000112. The van der Waals surface area contributed by atoms with Crippen LogP contribution in [0.2, 0.25) is 0 Å². The number of para-hydroxylation sites is 1. The van der Waals surface area contributed by atoms with E-state index in [1.807, 2.05) is 30.3 Å².